The molecule has 0 saturated heterocycles. The van der Waals surface area contributed by atoms with Crippen LogP contribution in [-0.4, -0.2) is 10.2 Å². The molecule has 0 amide bonds. The highest BCUT2D eigenvalue weighted by Gasteiger charge is 2.67. The molecule has 1 aliphatic rings. The summed E-state index contributed by atoms with van der Waals surface area (Å²) in [5.41, 5.74) is -3.68. The molecule has 0 radical (unpaired) electrons. The number of rotatable bonds is 3. The summed E-state index contributed by atoms with van der Waals surface area (Å²) in [4.78, 5) is 2.97. The number of nitrogens with zero attached hydrogens (tertiary/aromatic N) is 1. The van der Waals surface area contributed by atoms with Gasteiger partial charge in [-0.1, -0.05) is 11.6 Å². The van der Waals surface area contributed by atoms with E-state index >= 15 is 0 Å². The van der Waals surface area contributed by atoms with Crippen LogP contribution in [0.4, 0.5) is 32.0 Å². The van der Waals surface area contributed by atoms with Crippen LogP contribution in [-0.2, 0) is 5.92 Å². The minimum absolute atomic E-state index is 0.195. The number of benzene rings is 2. The lowest BCUT2D eigenvalue weighted by Crippen LogP contribution is -2.35. The van der Waals surface area contributed by atoms with Gasteiger partial charge in [0.2, 0.25) is 0 Å². The van der Waals surface area contributed by atoms with Crippen molar-refractivity contribution in [3.63, 3.8) is 0 Å². The largest absolute Gasteiger partial charge is 0.458 e. The van der Waals surface area contributed by atoms with E-state index in [4.69, 9.17) is 22.9 Å². The van der Waals surface area contributed by atoms with Crippen LogP contribution in [0.25, 0.3) is 4.85 Å². The van der Waals surface area contributed by atoms with Crippen molar-refractivity contribution in [1.29, 1.82) is 0 Å². The molecule has 0 fully saturated rings. The third-order valence-corrected chi connectivity index (χ3v) is 4.50. The zero-order chi connectivity index (χ0) is 20.1. The van der Waals surface area contributed by atoms with E-state index in [9.17, 15) is 31.4 Å². The Balaban J connectivity index is 2.17. The summed E-state index contributed by atoms with van der Waals surface area (Å²) in [7, 11) is 0. The van der Waals surface area contributed by atoms with E-state index in [1.807, 2.05) is 0 Å². The molecule has 1 aliphatic carbocycles. The molecule has 2 atom stereocenters. The Hall–Kier alpha value is -2.44. The van der Waals surface area contributed by atoms with Crippen LogP contribution in [0.15, 0.2) is 30.3 Å². The highest BCUT2D eigenvalue weighted by Crippen LogP contribution is 2.61. The molecule has 142 valence electrons. The van der Waals surface area contributed by atoms with Gasteiger partial charge in [0.1, 0.15) is 23.4 Å². The number of hydrogen-bond donors (Lipinski definition) is 1. The maximum Gasteiger partial charge on any atom is 0.323 e. The van der Waals surface area contributed by atoms with Crippen LogP contribution < -0.4 is 4.74 Å². The van der Waals surface area contributed by atoms with Crippen molar-refractivity contribution >= 4 is 17.3 Å². The minimum Gasteiger partial charge on any atom is -0.458 e. The van der Waals surface area contributed by atoms with Crippen LogP contribution in [0, 0.1) is 12.4 Å². The fourth-order valence-corrected chi connectivity index (χ4v) is 3.04. The Labute approximate surface area is 153 Å². The number of ether oxygens (including phenoxy) is 1. The molecule has 0 heterocycles. The zero-order valence-corrected chi connectivity index (χ0v) is 13.7. The quantitative estimate of drug-likeness (QED) is 0.376. The van der Waals surface area contributed by atoms with Crippen molar-refractivity contribution in [2.45, 2.75) is 23.6 Å². The van der Waals surface area contributed by atoms with Crippen LogP contribution >= 0.6 is 11.6 Å². The van der Waals surface area contributed by atoms with Crippen molar-refractivity contribution in [3.8, 4) is 11.5 Å². The van der Waals surface area contributed by atoms with E-state index < -0.39 is 51.8 Å². The van der Waals surface area contributed by atoms with Crippen molar-refractivity contribution in [1.82, 2.24) is 0 Å². The normalized spacial score (nSPS) is 23.2. The molecule has 3 rings (SSSR count). The lowest BCUT2D eigenvalue weighted by molar-refractivity contribution is -0.129. The Morgan fingerprint density at radius 3 is 2.44 bits per heavy atom. The lowest BCUT2D eigenvalue weighted by Gasteiger charge is -2.22. The fourth-order valence-electron chi connectivity index (χ4n) is 2.83. The van der Waals surface area contributed by atoms with Gasteiger partial charge in [-0.25, -0.2) is 22.4 Å². The Morgan fingerprint density at radius 1 is 1.19 bits per heavy atom. The molecule has 3 nitrogen and oxygen atoms in total. The van der Waals surface area contributed by atoms with Gasteiger partial charge in [-0.05, 0) is 24.3 Å². The molecule has 2 unspecified atom stereocenters. The van der Waals surface area contributed by atoms with Crippen molar-refractivity contribution < 1.29 is 36.2 Å². The molecule has 0 saturated carbocycles. The molecule has 0 aromatic heterocycles. The summed E-state index contributed by atoms with van der Waals surface area (Å²) < 4.78 is 88.0. The molecular weight excluding hydrogens is 400 g/mol. The van der Waals surface area contributed by atoms with E-state index in [1.165, 1.54) is 0 Å². The maximum atomic E-state index is 14.1. The van der Waals surface area contributed by atoms with Crippen LogP contribution in [0.3, 0.4) is 0 Å². The summed E-state index contributed by atoms with van der Waals surface area (Å²) >= 11 is 5.09. The highest BCUT2D eigenvalue weighted by atomic mass is 35.5. The predicted molar refractivity (Wildman–Crippen MR) is 82.7 cm³/mol. The Kier molecular flexibility index (Phi) is 4.52. The molecular formula is C17H8ClF6NO2. The number of aliphatic hydroxyl groups excluding tert-OH is 1. The molecule has 2 aromatic carbocycles. The highest BCUT2D eigenvalue weighted by molar-refractivity contribution is 6.24. The van der Waals surface area contributed by atoms with Gasteiger partial charge in [-0.3, -0.25) is 0 Å². The monoisotopic (exact) mass is 407 g/mol. The van der Waals surface area contributed by atoms with E-state index in [2.05, 4.69) is 4.85 Å². The van der Waals surface area contributed by atoms with Crippen molar-refractivity contribution in [3.05, 3.63) is 64.3 Å². The first-order valence-electron chi connectivity index (χ1n) is 7.25. The van der Waals surface area contributed by atoms with Gasteiger partial charge in [0.25, 0.3) is 11.6 Å². The second kappa shape index (κ2) is 6.32. The van der Waals surface area contributed by atoms with E-state index in [0.717, 1.165) is 18.2 Å². The van der Waals surface area contributed by atoms with E-state index in [1.54, 1.807) is 0 Å². The van der Waals surface area contributed by atoms with Gasteiger partial charge in [0, 0.05) is 17.2 Å². The summed E-state index contributed by atoms with van der Waals surface area (Å²) in [5.74, 6) is -6.40. The Bertz CT molecular complexity index is 957. The average Bonchev–Trinajstić information content (AvgIpc) is 2.71. The first-order chi connectivity index (χ1) is 12.5. The molecule has 10 heteroatoms. The predicted octanol–water partition coefficient (Wildman–Crippen LogP) is 6.15. The van der Waals surface area contributed by atoms with Crippen molar-refractivity contribution in [2.24, 2.45) is 0 Å². The molecule has 0 aliphatic heterocycles. The molecule has 2 aromatic rings. The smallest absolute Gasteiger partial charge is 0.323 e. The number of hydrogen-bond acceptors (Lipinski definition) is 2. The van der Waals surface area contributed by atoms with Gasteiger partial charge in [-0.2, -0.15) is 8.78 Å². The summed E-state index contributed by atoms with van der Waals surface area (Å²) in [6.45, 7) is 6.85. The van der Waals surface area contributed by atoms with Crippen LogP contribution in [0.2, 0.25) is 0 Å². The van der Waals surface area contributed by atoms with Crippen molar-refractivity contribution in [2.75, 3.05) is 0 Å². The number of aliphatic hydroxyl groups is 1. The number of fused-ring (bicyclic) bond motifs is 1. The third-order valence-electron chi connectivity index (χ3n) is 4.05. The number of alkyl halides is 6. The first kappa shape index (κ1) is 19.3. The van der Waals surface area contributed by atoms with Crippen LogP contribution in [0.5, 0.6) is 11.5 Å². The van der Waals surface area contributed by atoms with Gasteiger partial charge in [0.15, 0.2) is 5.69 Å². The first-order valence-corrected chi connectivity index (χ1v) is 7.63. The zero-order valence-electron chi connectivity index (χ0n) is 13.0. The molecule has 1 N–H and O–H groups in total. The summed E-state index contributed by atoms with van der Waals surface area (Å²) in [5, 5.41) is 5.80. The van der Waals surface area contributed by atoms with Gasteiger partial charge in [0.05, 0.1) is 12.1 Å². The topological polar surface area (TPSA) is 33.8 Å². The molecule has 27 heavy (non-hydrogen) atoms. The summed E-state index contributed by atoms with van der Waals surface area (Å²) in [6.07, 6.45) is -6.19. The second-order valence-electron chi connectivity index (χ2n) is 5.70. The molecule has 0 bridgehead atoms. The minimum atomic E-state index is -4.43. The number of halogens is 7. The average molecular weight is 408 g/mol. The Morgan fingerprint density at radius 2 is 1.85 bits per heavy atom. The van der Waals surface area contributed by atoms with Gasteiger partial charge in [-0.15, -0.1) is 0 Å². The van der Waals surface area contributed by atoms with E-state index in [0.29, 0.717) is 12.1 Å². The second-order valence-corrected chi connectivity index (χ2v) is 6.25. The van der Waals surface area contributed by atoms with Gasteiger partial charge < -0.3 is 9.84 Å². The SMILES string of the molecule is [C-]#[N+]c1cc(F)cc(Oc2ccc3c(c2C(F)F)C(O)C(F)(Cl)C3(F)F)c1. The maximum absolute atomic E-state index is 14.1. The molecule has 0 spiro atoms. The van der Waals surface area contributed by atoms with Gasteiger partial charge >= 0.3 is 5.92 Å². The van der Waals surface area contributed by atoms with E-state index in [-0.39, 0.29) is 11.4 Å². The fraction of sp³-hybridized carbons (Fsp3) is 0.235. The van der Waals surface area contributed by atoms with Crippen LogP contribution in [0.1, 0.15) is 29.2 Å². The lowest BCUT2D eigenvalue weighted by atomic mass is 10.0. The third kappa shape index (κ3) is 2.89. The standard InChI is InChI=1S/C17H8ClF6NO2/c1-25-8-4-7(19)5-9(6-8)27-11-3-2-10-12(13(11)15(20)21)14(26)16(18,22)17(10,23)24/h2-6,14-15,26H. The summed E-state index contributed by atoms with van der Waals surface area (Å²) in [6, 6.07) is 3.99.